The quantitative estimate of drug-likeness (QED) is 0.380. The van der Waals surface area contributed by atoms with Crippen LogP contribution in [0.5, 0.6) is 0 Å². The minimum absolute atomic E-state index is 0.00161. The highest BCUT2D eigenvalue weighted by molar-refractivity contribution is 7.21. The van der Waals surface area contributed by atoms with E-state index >= 15 is 0 Å². The van der Waals surface area contributed by atoms with Crippen LogP contribution in [0, 0.1) is 0 Å². The van der Waals surface area contributed by atoms with Crippen molar-refractivity contribution in [2.45, 2.75) is 12.6 Å². The maximum absolute atomic E-state index is 13.5. The van der Waals surface area contributed by atoms with Gasteiger partial charge in [-0.15, -0.1) is 11.3 Å². The summed E-state index contributed by atoms with van der Waals surface area (Å²) >= 11 is 0.687. The lowest BCUT2D eigenvalue weighted by atomic mass is 10.0. The number of rotatable bonds is 5. The van der Waals surface area contributed by atoms with Crippen LogP contribution in [0.15, 0.2) is 42.5 Å². The molecule has 0 bridgehead atoms. The molecule has 7 nitrogen and oxygen atoms in total. The molecule has 4 aromatic rings. The van der Waals surface area contributed by atoms with Crippen molar-refractivity contribution in [1.29, 1.82) is 0 Å². The molecule has 0 fully saturated rings. The maximum Gasteiger partial charge on any atom is 0.435 e. The molecule has 0 aliphatic heterocycles. The lowest BCUT2D eigenvalue weighted by Gasteiger charge is -2.11. The van der Waals surface area contributed by atoms with E-state index in [2.05, 4.69) is 15.4 Å². The van der Waals surface area contributed by atoms with E-state index in [-0.39, 0.29) is 26.3 Å². The van der Waals surface area contributed by atoms with Crippen molar-refractivity contribution >= 4 is 39.1 Å². The van der Waals surface area contributed by atoms with Crippen molar-refractivity contribution in [1.82, 2.24) is 14.8 Å². The molecule has 3 N–H and O–H groups in total. The van der Waals surface area contributed by atoms with Crippen LogP contribution in [0.3, 0.4) is 0 Å². The van der Waals surface area contributed by atoms with Gasteiger partial charge in [0.2, 0.25) is 0 Å². The Morgan fingerprint density at radius 1 is 1.15 bits per heavy atom. The molecule has 1 aromatic carbocycles. The van der Waals surface area contributed by atoms with Gasteiger partial charge in [-0.25, -0.2) is 13.8 Å². The van der Waals surface area contributed by atoms with Crippen LogP contribution < -0.4 is 11.1 Å². The number of fused-ring (bicyclic) bond motifs is 1. The van der Waals surface area contributed by atoms with Crippen molar-refractivity contribution in [3.8, 4) is 11.1 Å². The van der Waals surface area contributed by atoms with Crippen molar-refractivity contribution in [2.75, 3.05) is 5.32 Å². The van der Waals surface area contributed by atoms with E-state index in [4.69, 9.17) is 5.73 Å². The predicted molar refractivity (Wildman–Crippen MR) is 115 cm³/mol. The van der Waals surface area contributed by atoms with Gasteiger partial charge in [0.15, 0.2) is 5.69 Å². The van der Waals surface area contributed by atoms with Crippen molar-refractivity contribution in [3.05, 3.63) is 64.4 Å². The van der Waals surface area contributed by atoms with Gasteiger partial charge in [-0.1, -0.05) is 30.3 Å². The zero-order valence-corrected chi connectivity index (χ0v) is 18.0. The number of carbonyl (C=O) groups excluding carboxylic acids is 2. The third-order valence-electron chi connectivity index (χ3n) is 4.86. The van der Waals surface area contributed by atoms with E-state index < -0.39 is 41.5 Å². The number of aryl methyl sites for hydroxylation is 1. The number of carbonyl (C=O) groups is 2. The second-order valence-corrected chi connectivity index (χ2v) is 8.10. The standard InChI is InChI=1S/C21H14F5N5O2S/c1-31-12(8-13(30-31)21(24,25)26)19(33)29-15-14-10(9-5-3-2-4-6-9)7-11(17(22)23)28-20(14)34-16(15)18(27)32/h2-8,17H,1H3,(H2,27,32)(H,29,33). The van der Waals surface area contributed by atoms with Crippen molar-refractivity contribution in [3.63, 3.8) is 0 Å². The number of alkyl halides is 5. The smallest absolute Gasteiger partial charge is 0.365 e. The molecule has 0 saturated heterocycles. The van der Waals surface area contributed by atoms with Crippen LogP contribution in [-0.4, -0.2) is 26.6 Å². The summed E-state index contributed by atoms with van der Waals surface area (Å²) in [4.78, 5) is 28.7. The van der Waals surface area contributed by atoms with E-state index in [0.717, 1.165) is 17.8 Å². The molecule has 0 aliphatic carbocycles. The van der Waals surface area contributed by atoms with Gasteiger partial charge in [-0.2, -0.15) is 18.3 Å². The van der Waals surface area contributed by atoms with E-state index in [1.807, 2.05) is 0 Å². The highest BCUT2D eigenvalue weighted by Crippen LogP contribution is 2.42. The Kier molecular flexibility index (Phi) is 5.81. The minimum Gasteiger partial charge on any atom is -0.365 e. The Morgan fingerprint density at radius 3 is 2.38 bits per heavy atom. The van der Waals surface area contributed by atoms with Gasteiger partial charge < -0.3 is 11.1 Å². The fourth-order valence-electron chi connectivity index (χ4n) is 3.36. The number of hydrogen-bond acceptors (Lipinski definition) is 5. The number of nitrogens with two attached hydrogens (primary N) is 1. The number of hydrogen-bond donors (Lipinski definition) is 2. The number of primary amides is 1. The third kappa shape index (κ3) is 4.21. The first-order valence-electron chi connectivity index (χ1n) is 9.50. The number of amides is 2. The monoisotopic (exact) mass is 495 g/mol. The average molecular weight is 495 g/mol. The molecular weight excluding hydrogens is 481 g/mol. The fraction of sp³-hybridized carbons (Fsp3) is 0.143. The number of thiophene rings is 1. The molecule has 0 atom stereocenters. The first-order chi connectivity index (χ1) is 16.0. The molecule has 3 heterocycles. The summed E-state index contributed by atoms with van der Waals surface area (Å²) in [5.41, 5.74) is 3.76. The molecule has 2 amide bonds. The predicted octanol–water partition coefficient (Wildman–Crippen LogP) is 5.00. The van der Waals surface area contributed by atoms with E-state index in [1.165, 1.54) is 0 Å². The van der Waals surface area contributed by atoms with Gasteiger partial charge in [0.25, 0.3) is 18.2 Å². The third-order valence-corrected chi connectivity index (χ3v) is 5.95. The SMILES string of the molecule is Cn1nc(C(F)(F)F)cc1C(=O)Nc1c(C(N)=O)sc2nc(C(F)F)cc(-c3ccccc3)c12. The lowest BCUT2D eigenvalue weighted by Crippen LogP contribution is -2.19. The second kappa shape index (κ2) is 8.48. The van der Waals surface area contributed by atoms with Crippen molar-refractivity contribution in [2.24, 2.45) is 12.8 Å². The molecule has 176 valence electrons. The molecule has 0 spiro atoms. The van der Waals surface area contributed by atoms with E-state index in [1.54, 1.807) is 30.3 Å². The summed E-state index contributed by atoms with van der Waals surface area (Å²) in [6.07, 6.45) is -7.70. The number of pyridine rings is 1. The Labute approximate surface area is 192 Å². The van der Waals surface area contributed by atoms with Gasteiger partial charge >= 0.3 is 6.18 Å². The zero-order chi connectivity index (χ0) is 24.8. The molecular formula is C21H14F5N5O2S. The van der Waals surface area contributed by atoms with Crippen LogP contribution in [0.4, 0.5) is 27.6 Å². The van der Waals surface area contributed by atoms with E-state index in [9.17, 15) is 31.5 Å². The van der Waals surface area contributed by atoms with Crippen LogP contribution in [-0.2, 0) is 13.2 Å². The normalized spacial score (nSPS) is 11.9. The molecule has 4 rings (SSSR count). The van der Waals surface area contributed by atoms with Crippen LogP contribution in [0.1, 0.15) is 38.0 Å². The molecule has 0 radical (unpaired) electrons. The second-order valence-electron chi connectivity index (χ2n) is 7.10. The zero-order valence-electron chi connectivity index (χ0n) is 17.2. The number of anilines is 1. The van der Waals surface area contributed by atoms with Crippen LogP contribution in [0.25, 0.3) is 21.3 Å². The molecule has 0 aliphatic rings. The average Bonchev–Trinajstić information content (AvgIpc) is 3.34. The topological polar surface area (TPSA) is 103 Å². The first kappa shape index (κ1) is 23.3. The summed E-state index contributed by atoms with van der Waals surface area (Å²) in [7, 11) is 1.15. The fourth-order valence-corrected chi connectivity index (χ4v) is 4.38. The largest absolute Gasteiger partial charge is 0.435 e. The summed E-state index contributed by atoms with van der Waals surface area (Å²) < 4.78 is 66.8. The number of halogens is 5. The van der Waals surface area contributed by atoms with Gasteiger partial charge in [0, 0.05) is 18.5 Å². The summed E-state index contributed by atoms with van der Waals surface area (Å²) in [5, 5.41) is 5.86. The van der Waals surface area contributed by atoms with Gasteiger partial charge in [0.1, 0.15) is 21.1 Å². The van der Waals surface area contributed by atoms with Crippen LogP contribution in [0.2, 0.25) is 0 Å². The Hall–Kier alpha value is -3.87. The number of nitrogens with one attached hydrogen (secondary N) is 1. The molecule has 34 heavy (non-hydrogen) atoms. The van der Waals surface area contributed by atoms with E-state index in [0.29, 0.717) is 23.0 Å². The summed E-state index contributed by atoms with van der Waals surface area (Å²) in [6, 6.07) is 9.99. The Balaban J connectivity index is 1.92. The minimum atomic E-state index is -4.78. The maximum atomic E-state index is 13.5. The highest BCUT2D eigenvalue weighted by Gasteiger charge is 2.36. The summed E-state index contributed by atoms with van der Waals surface area (Å²) in [5.74, 6) is -1.98. The number of benzene rings is 1. The van der Waals surface area contributed by atoms with Crippen LogP contribution >= 0.6 is 11.3 Å². The summed E-state index contributed by atoms with van der Waals surface area (Å²) in [6.45, 7) is 0. The molecule has 0 unspecified atom stereocenters. The Morgan fingerprint density at radius 2 is 1.82 bits per heavy atom. The lowest BCUT2D eigenvalue weighted by molar-refractivity contribution is -0.141. The first-order valence-corrected chi connectivity index (χ1v) is 10.3. The van der Waals surface area contributed by atoms with Crippen molar-refractivity contribution < 1.29 is 31.5 Å². The Bertz CT molecular complexity index is 1410. The molecule has 3 aromatic heterocycles. The number of aromatic nitrogens is 3. The van der Waals surface area contributed by atoms with Gasteiger partial charge in [-0.05, 0) is 17.2 Å². The highest BCUT2D eigenvalue weighted by atomic mass is 32.1. The van der Waals surface area contributed by atoms with Gasteiger partial charge in [0.05, 0.1) is 5.69 Å². The number of nitrogens with zero attached hydrogens (tertiary/aromatic N) is 3. The molecule has 13 heteroatoms. The molecule has 0 saturated carbocycles. The van der Waals surface area contributed by atoms with Gasteiger partial charge in [-0.3, -0.25) is 14.3 Å².